The van der Waals surface area contributed by atoms with Gasteiger partial charge in [0.1, 0.15) is 25.5 Å². The normalized spacial score (nSPS) is 13.5. The number of nitro groups is 2. The molecule has 2 rings (SSSR count). The average Bonchev–Trinajstić information content (AvgIpc) is 3.11. The number of aryl methyl sites for hydroxylation is 2. The molecule has 11 nitrogen and oxygen atoms in total. The van der Waals surface area contributed by atoms with E-state index in [9.17, 15) is 20.2 Å². The van der Waals surface area contributed by atoms with Crippen LogP contribution < -0.4 is 0 Å². The van der Waals surface area contributed by atoms with Gasteiger partial charge in [-0.1, -0.05) is 0 Å². The lowest BCUT2D eigenvalue weighted by Gasteiger charge is -2.13. The van der Waals surface area contributed by atoms with Crippen molar-refractivity contribution >= 4 is 34.8 Å². The smallest absolute Gasteiger partial charge is 0.342 e. The Bertz CT molecular complexity index is 757. The Balaban J connectivity index is 1.84. The molecular formula is C14H18Cl2N6O5. The first-order valence-electron chi connectivity index (χ1n) is 7.89. The van der Waals surface area contributed by atoms with Crippen LogP contribution in [0.5, 0.6) is 0 Å². The molecule has 0 N–H and O–H groups in total. The van der Waals surface area contributed by atoms with E-state index in [1.807, 2.05) is 0 Å². The van der Waals surface area contributed by atoms with Crippen LogP contribution in [0.1, 0.15) is 11.6 Å². The molecular weight excluding hydrogens is 403 g/mol. The Morgan fingerprint density at radius 3 is 1.67 bits per heavy atom. The summed E-state index contributed by atoms with van der Waals surface area (Å²) in [6.07, 6.45) is 2.35. The maximum absolute atomic E-state index is 11.0. The van der Waals surface area contributed by atoms with E-state index in [4.69, 9.17) is 27.9 Å². The lowest BCUT2D eigenvalue weighted by Crippen LogP contribution is -2.23. The molecule has 27 heavy (non-hydrogen) atoms. The van der Waals surface area contributed by atoms with Gasteiger partial charge < -0.3 is 25.0 Å². The molecule has 0 fully saturated rings. The van der Waals surface area contributed by atoms with Gasteiger partial charge >= 0.3 is 11.6 Å². The molecule has 0 spiro atoms. The van der Waals surface area contributed by atoms with Crippen molar-refractivity contribution in [3.63, 3.8) is 0 Å². The SMILES string of the molecule is Cc1ncc([N+](=O)[O-])n1CC(Cl)COCC(Cl)Cn1c([N+](=O)[O-])cnc1C. The zero-order valence-corrected chi connectivity index (χ0v) is 16.1. The molecule has 2 heterocycles. The van der Waals surface area contributed by atoms with Crippen molar-refractivity contribution < 1.29 is 14.6 Å². The van der Waals surface area contributed by atoms with Crippen molar-refractivity contribution in [2.75, 3.05) is 13.2 Å². The highest BCUT2D eigenvalue weighted by molar-refractivity contribution is 6.21. The van der Waals surface area contributed by atoms with Gasteiger partial charge in [-0.3, -0.25) is 0 Å². The fourth-order valence-electron chi connectivity index (χ4n) is 2.48. The Labute approximate surface area is 164 Å². The van der Waals surface area contributed by atoms with E-state index in [0.717, 1.165) is 0 Å². The van der Waals surface area contributed by atoms with Crippen LogP contribution >= 0.6 is 23.2 Å². The van der Waals surface area contributed by atoms with Gasteiger partial charge in [-0.25, -0.2) is 19.1 Å². The Hall–Kier alpha value is -2.24. The highest BCUT2D eigenvalue weighted by Crippen LogP contribution is 2.18. The number of rotatable bonds is 10. The van der Waals surface area contributed by atoms with Gasteiger partial charge in [-0.15, -0.1) is 23.2 Å². The molecule has 13 heteroatoms. The highest BCUT2D eigenvalue weighted by atomic mass is 35.5. The number of hydrogen-bond donors (Lipinski definition) is 0. The molecule has 148 valence electrons. The quantitative estimate of drug-likeness (QED) is 0.327. The summed E-state index contributed by atoms with van der Waals surface area (Å²) in [7, 11) is 0. The third kappa shape index (κ3) is 5.37. The van der Waals surface area contributed by atoms with Crippen LogP contribution in [0.2, 0.25) is 0 Å². The molecule has 0 aliphatic rings. The lowest BCUT2D eigenvalue weighted by molar-refractivity contribution is -0.392. The van der Waals surface area contributed by atoms with E-state index in [-0.39, 0.29) is 37.9 Å². The van der Waals surface area contributed by atoms with Crippen molar-refractivity contribution in [2.24, 2.45) is 0 Å². The lowest BCUT2D eigenvalue weighted by atomic mass is 10.4. The number of alkyl halides is 2. The molecule has 0 amide bonds. The van der Waals surface area contributed by atoms with Crippen LogP contribution in [-0.2, 0) is 17.8 Å². The van der Waals surface area contributed by atoms with Gasteiger partial charge in [-0.05, 0) is 9.85 Å². The van der Waals surface area contributed by atoms with Crippen LogP contribution in [0.4, 0.5) is 11.6 Å². The maximum atomic E-state index is 11.0. The second kappa shape index (κ2) is 9.11. The van der Waals surface area contributed by atoms with Gasteiger partial charge in [0.15, 0.2) is 11.6 Å². The standard InChI is InChI=1S/C14H18Cl2N6O5/c1-9-17-3-13(21(23)24)19(9)5-11(15)7-27-8-12(16)6-20-10(2)18-4-14(20)22(25)26/h3-4,11-12H,5-8H2,1-2H3. The molecule has 0 radical (unpaired) electrons. The van der Waals surface area contributed by atoms with Crippen molar-refractivity contribution in [1.29, 1.82) is 0 Å². The van der Waals surface area contributed by atoms with Gasteiger partial charge in [0.2, 0.25) is 0 Å². The highest BCUT2D eigenvalue weighted by Gasteiger charge is 2.23. The molecule has 2 aromatic rings. The van der Waals surface area contributed by atoms with Crippen molar-refractivity contribution in [2.45, 2.75) is 37.7 Å². The molecule has 2 unspecified atom stereocenters. The van der Waals surface area contributed by atoms with Crippen LogP contribution in [-0.4, -0.2) is 52.9 Å². The number of hydrogen-bond acceptors (Lipinski definition) is 7. The van der Waals surface area contributed by atoms with Crippen LogP contribution in [0, 0.1) is 34.1 Å². The largest absolute Gasteiger partial charge is 0.378 e. The third-order valence-corrected chi connectivity index (χ3v) is 4.33. The molecule has 0 saturated carbocycles. The first-order chi connectivity index (χ1) is 12.7. The minimum atomic E-state index is -0.537. The zero-order valence-electron chi connectivity index (χ0n) is 14.6. The second-order valence-corrected chi connectivity index (χ2v) is 7.03. The van der Waals surface area contributed by atoms with Gasteiger partial charge in [0.05, 0.1) is 24.0 Å². The summed E-state index contributed by atoms with van der Waals surface area (Å²) in [5.41, 5.74) is 0. The summed E-state index contributed by atoms with van der Waals surface area (Å²) < 4.78 is 8.26. The summed E-state index contributed by atoms with van der Waals surface area (Å²) in [4.78, 5) is 28.7. The minimum absolute atomic E-state index is 0.102. The molecule has 2 atom stereocenters. The first-order valence-corrected chi connectivity index (χ1v) is 8.77. The van der Waals surface area contributed by atoms with Crippen LogP contribution in [0.25, 0.3) is 0 Å². The van der Waals surface area contributed by atoms with E-state index in [1.165, 1.54) is 21.5 Å². The Kier molecular flexibility index (Phi) is 7.11. The van der Waals surface area contributed by atoms with Gasteiger partial charge in [0.25, 0.3) is 0 Å². The summed E-state index contributed by atoms with van der Waals surface area (Å²) in [6, 6.07) is 0. The number of nitrogens with zero attached hydrogens (tertiary/aromatic N) is 6. The van der Waals surface area contributed by atoms with Crippen molar-refractivity contribution in [1.82, 2.24) is 19.1 Å². The molecule has 2 aromatic heterocycles. The average molecular weight is 421 g/mol. The molecule has 0 aromatic carbocycles. The van der Waals surface area contributed by atoms with E-state index in [1.54, 1.807) is 13.8 Å². The summed E-state index contributed by atoms with van der Waals surface area (Å²) >= 11 is 12.4. The van der Waals surface area contributed by atoms with E-state index >= 15 is 0 Å². The summed E-state index contributed by atoms with van der Waals surface area (Å²) in [5, 5.41) is 20.9. The molecule has 0 aliphatic heterocycles. The van der Waals surface area contributed by atoms with Crippen LogP contribution in [0.3, 0.4) is 0 Å². The molecule has 0 saturated heterocycles. The monoisotopic (exact) mass is 420 g/mol. The fourth-order valence-corrected chi connectivity index (χ4v) is 2.93. The minimum Gasteiger partial charge on any atom is -0.378 e. The number of halogens is 2. The fraction of sp³-hybridized carbons (Fsp3) is 0.571. The van der Waals surface area contributed by atoms with Crippen molar-refractivity contribution in [3.8, 4) is 0 Å². The van der Waals surface area contributed by atoms with Crippen LogP contribution in [0.15, 0.2) is 12.4 Å². The van der Waals surface area contributed by atoms with E-state index in [2.05, 4.69) is 9.97 Å². The topological polar surface area (TPSA) is 131 Å². The summed E-state index contributed by atoms with van der Waals surface area (Å²) in [5.74, 6) is 0.670. The first kappa shape index (κ1) is 21.1. The van der Waals surface area contributed by atoms with Gasteiger partial charge in [0, 0.05) is 13.8 Å². The van der Waals surface area contributed by atoms with E-state index < -0.39 is 20.6 Å². The molecule has 0 aliphatic carbocycles. The molecule has 0 bridgehead atoms. The predicted octanol–water partition coefficient (Wildman–Crippen LogP) is 2.44. The van der Waals surface area contributed by atoms with Gasteiger partial charge in [-0.2, -0.15) is 0 Å². The van der Waals surface area contributed by atoms with E-state index in [0.29, 0.717) is 11.6 Å². The van der Waals surface area contributed by atoms with Crippen molar-refractivity contribution in [3.05, 3.63) is 44.3 Å². The zero-order chi connectivity index (χ0) is 20.1. The number of aromatic nitrogens is 4. The summed E-state index contributed by atoms with van der Waals surface area (Å²) in [6.45, 7) is 3.81. The third-order valence-electron chi connectivity index (χ3n) is 3.80. The number of ether oxygens (including phenoxy) is 1. The predicted molar refractivity (Wildman–Crippen MR) is 97.3 cm³/mol. The number of imidazole rings is 2. The second-order valence-electron chi connectivity index (χ2n) is 5.79. The Morgan fingerprint density at radius 2 is 1.33 bits per heavy atom. The maximum Gasteiger partial charge on any atom is 0.342 e. The Morgan fingerprint density at radius 1 is 0.963 bits per heavy atom.